The van der Waals surface area contributed by atoms with E-state index >= 15 is 0 Å². The molecule has 4 heteroatoms. The molecule has 3 rings (SSSR count). The monoisotopic (exact) mass is 248 g/mol. The lowest BCUT2D eigenvalue weighted by molar-refractivity contribution is 0.0770. The van der Waals surface area contributed by atoms with Gasteiger partial charge >= 0.3 is 0 Å². The molecule has 0 amide bonds. The van der Waals surface area contributed by atoms with E-state index in [9.17, 15) is 0 Å². The van der Waals surface area contributed by atoms with Gasteiger partial charge in [0.2, 0.25) is 0 Å². The Hall–Kier alpha value is -1.10. The Labute approximate surface area is 107 Å². The lowest BCUT2D eigenvalue weighted by Crippen LogP contribution is -2.36. The molecule has 2 heterocycles. The topological polar surface area (TPSA) is 56.5 Å². The van der Waals surface area contributed by atoms with Crippen molar-refractivity contribution < 1.29 is 9.47 Å². The van der Waals surface area contributed by atoms with Crippen LogP contribution in [0.1, 0.15) is 36.4 Å². The second-order valence-corrected chi connectivity index (χ2v) is 4.98. The molecule has 0 aliphatic carbocycles. The Kier molecular flexibility index (Phi) is 3.50. The third-order valence-electron chi connectivity index (χ3n) is 3.82. The van der Waals surface area contributed by atoms with Crippen molar-refractivity contribution in [1.29, 1.82) is 0 Å². The van der Waals surface area contributed by atoms with Crippen molar-refractivity contribution in [3.05, 3.63) is 29.3 Å². The largest absolute Gasteiger partial charge is 0.493 e. The SMILES string of the molecule is NNC(c1cccc2c1OCCC2)C1CCCO1. The minimum Gasteiger partial charge on any atom is -0.493 e. The molecular formula is C14H20N2O2. The Balaban J connectivity index is 1.93. The lowest BCUT2D eigenvalue weighted by atomic mass is 9.94. The number of hydrogen-bond donors (Lipinski definition) is 2. The molecule has 98 valence electrons. The first-order valence-corrected chi connectivity index (χ1v) is 6.72. The van der Waals surface area contributed by atoms with Crippen LogP contribution in [0.5, 0.6) is 5.75 Å². The molecule has 2 aliphatic heterocycles. The second-order valence-electron chi connectivity index (χ2n) is 4.98. The predicted molar refractivity (Wildman–Crippen MR) is 69.3 cm³/mol. The van der Waals surface area contributed by atoms with Gasteiger partial charge in [-0.15, -0.1) is 0 Å². The van der Waals surface area contributed by atoms with Crippen LogP contribution in [0.2, 0.25) is 0 Å². The fourth-order valence-corrected chi connectivity index (χ4v) is 2.92. The van der Waals surface area contributed by atoms with Crippen molar-refractivity contribution in [2.75, 3.05) is 13.2 Å². The quantitative estimate of drug-likeness (QED) is 0.631. The standard InChI is InChI=1S/C14H20N2O2/c15-16-13(12-7-3-8-17-12)11-6-1-4-10-5-2-9-18-14(10)11/h1,4,6,12-13,16H,2-3,5,7-9,15H2. The molecule has 1 fully saturated rings. The fraction of sp³-hybridized carbons (Fsp3) is 0.571. The average molecular weight is 248 g/mol. The van der Waals surface area contributed by atoms with E-state index in [1.165, 1.54) is 5.56 Å². The molecule has 0 spiro atoms. The Morgan fingerprint density at radius 3 is 3.00 bits per heavy atom. The third-order valence-corrected chi connectivity index (χ3v) is 3.82. The van der Waals surface area contributed by atoms with Crippen LogP contribution in [0.25, 0.3) is 0 Å². The van der Waals surface area contributed by atoms with E-state index in [0.717, 1.165) is 50.2 Å². The third kappa shape index (κ3) is 2.11. The smallest absolute Gasteiger partial charge is 0.127 e. The highest BCUT2D eigenvalue weighted by Gasteiger charge is 2.30. The molecule has 2 aliphatic rings. The van der Waals surface area contributed by atoms with Gasteiger partial charge in [-0.05, 0) is 31.2 Å². The molecule has 2 atom stereocenters. The number of rotatable bonds is 3. The van der Waals surface area contributed by atoms with Crippen LogP contribution in [0.15, 0.2) is 18.2 Å². The highest BCUT2D eigenvalue weighted by atomic mass is 16.5. The minimum absolute atomic E-state index is 0.0283. The van der Waals surface area contributed by atoms with Crippen molar-refractivity contribution in [2.24, 2.45) is 5.84 Å². The highest BCUT2D eigenvalue weighted by Crippen LogP contribution is 2.36. The van der Waals surface area contributed by atoms with Crippen LogP contribution < -0.4 is 16.0 Å². The number of aryl methyl sites for hydroxylation is 1. The summed E-state index contributed by atoms with van der Waals surface area (Å²) in [6.45, 7) is 1.63. The van der Waals surface area contributed by atoms with E-state index in [4.69, 9.17) is 15.3 Å². The van der Waals surface area contributed by atoms with Crippen molar-refractivity contribution in [1.82, 2.24) is 5.43 Å². The first-order chi connectivity index (χ1) is 8.90. The molecule has 0 aromatic heterocycles. The summed E-state index contributed by atoms with van der Waals surface area (Å²) < 4.78 is 11.6. The van der Waals surface area contributed by atoms with Crippen molar-refractivity contribution >= 4 is 0 Å². The molecule has 2 unspecified atom stereocenters. The number of para-hydroxylation sites is 1. The molecular weight excluding hydrogens is 228 g/mol. The van der Waals surface area contributed by atoms with E-state index in [-0.39, 0.29) is 12.1 Å². The molecule has 1 aromatic carbocycles. The van der Waals surface area contributed by atoms with Gasteiger partial charge in [-0.25, -0.2) is 0 Å². The maximum atomic E-state index is 5.85. The van der Waals surface area contributed by atoms with Crippen LogP contribution in [-0.4, -0.2) is 19.3 Å². The molecule has 3 N–H and O–H groups in total. The number of hydrogen-bond acceptors (Lipinski definition) is 4. The zero-order valence-corrected chi connectivity index (χ0v) is 10.5. The summed E-state index contributed by atoms with van der Waals surface area (Å²) in [5.41, 5.74) is 5.33. The van der Waals surface area contributed by atoms with Crippen LogP contribution in [0, 0.1) is 0 Å². The van der Waals surface area contributed by atoms with Crippen molar-refractivity contribution in [3.8, 4) is 5.75 Å². The first kappa shape index (κ1) is 12.0. The molecule has 0 bridgehead atoms. The van der Waals surface area contributed by atoms with Gasteiger partial charge in [-0.1, -0.05) is 18.2 Å². The second kappa shape index (κ2) is 5.26. The highest BCUT2D eigenvalue weighted by molar-refractivity contribution is 5.45. The van der Waals surface area contributed by atoms with E-state index in [1.54, 1.807) is 0 Å². The van der Waals surface area contributed by atoms with Crippen LogP contribution >= 0.6 is 0 Å². The zero-order valence-electron chi connectivity index (χ0n) is 10.5. The van der Waals surface area contributed by atoms with E-state index < -0.39 is 0 Å². The summed E-state index contributed by atoms with van der Waals surface area (Å²) in [5.74, 6) is 6.75. The van der Waals surface area contributed by atoms with Gasteiger partial charge < -0.3 is 9.47 Å². The maximum Gasteiger partial charge on any atom is 0.127 e. The molecule has 4 nitrogen and oxygen atoms in total. The van der Waals surface area contributed by atoms with E-state index in [1.807, 2.05) is 0 Å². The van der Waals surface area contributed by atoms with E-state index in [0.29, 0.717) is 0 Å². The summed E-state index contributed by atoms with van der Waals surface area (Å²) in [4.78, 5) is 0. The van der Waals surface area contributed by atoms with Gasteiger partial charge in [0.05, 0.1) is 18.8 Å². The van der Waals surface area contributed by atoms with Crippen LogP contribution in [0.4, 0.5) is 0 Å². The number of hydrazine groups is 1. The van der Waals surface area contributed by atoms with Gasteiger partial charge in [0.15, 0.2) is 0 Å². The summed E-state index contributed by atoms with van der Waals surface area (Å²) in [6, 6.07) is 6.35. The number of ether oxygens (including phenoxy) is 2. The Bertz CT molecular complexity index is 416. The molecule has 1 aromatic rings. The number of benzene rings is 1. The fourth-order valence-electron chi connectivity index (χ4n) is 2.92. The van der Waals surface area contributed by atoms with Gasteiger partial charge in [0.25, 0.3) is 0 Å². The van der Waals surface area contributed by atoms with Crippen molar-refractivity contribution in [3.63, 3.8) is 0 Å². The number of nitrogens with one attached hydrogen (secondary N) is 1. The van der Waals surface area contributed by atoms with Gasteiger partial charge in [-0.3, -0.25) is 11.3 Å². The predicted octanol–water partition coefficient (Wildman–Crippen LogP) is 1.69. The van der Waals surface area contributed by atoms with Gasteiger partial charge in [-0.2, -0.15) is 0 Å². The Morgan fingerprint density at radius 1 is 1.28 bits per heavy atom. The number of nitrogens with two attached hydrogens (primary N) is 1. The van der Waals surface area contributed by atoms with Crippen molar-refractivity contribution in [2.45, 2.75) is 37.8 Å². The van der Waals surface area contributed by atoms with E-state index in [2.05, 4.69) is 23.6 Å². The summed E-state index contributed by atoms with van der Waals surface area (Å²) in [7, 11) is 0. The number of fused-ring (bicyclic) bond motifs is 1. The molecule has 1 saturated heterocycles. The Morgan fingerprint density at radius 2 is 2.22 bits per heavy atom. The lowest BCUT2D eigenvalue weighted by Gasteiger charge is -2.27. The van der Waals surface area contributed by atoms with Gasteiger partial charge in [0.1, 0.15) is 5.75 Å². The molecule has 0 radical (unpaired) electrons. The molecule has 18 heavy (non-hydrogen) atoms. The maximum absolute atomic E-state index is 5.85. The summed E-state index contributed by atoms with van der Waals surface area (Å²) >= 11 is 0. The molecule has 0 saturated carbocycles. The normalized spacial score (nSPS) is 24.4. The van der Waals surface area contributed by atoms with Crippen LogP contribution in [0.3, 0.4) is 0 Å². The van der Waals surface area contributed by atoms with Gasteiger partial charge in [0, 0.05) is 12.2 Å². The van der Waals surface area contributed by atoms with Crippen LogP contribution in [-0.2, 0) is 11.2 Å². The average Bonchev–Trinajstić information content (AvgIpc) is 2.94. The first-order valence-electron chi connectivity index (χ1n) is 6.72. The summed E-state index contributed by atoms with van der Waals surface area (Å²) in [6.07, 6.45) is 4.51. The minimum atomic E-state index is 0.0283. The summed E-state index contributed by atoms with van der Waals surface area (Å²) in [5, 5.41) is 0. The zero-order chi connectivity index (χ0) is 12.4.